The number of carboxylic acids is 1. The van der Waals surface area contributed by atoms with E-state index in [0.717, 1.165) is 11.1 Å². The van der Waals surface area contributed by atoms with Crippen LogP contribution in [0, 0.1) is 0 Å². The van der Waals surface area contributed by atoms with Crippen LogP contribution in [0.1, 0.15) is 24.0 Å². The number of hydrogen-bond acceptors (Lipinski definition) is 5. The van der Waals surface area contributed by atoms with Gasteiger partial charge in [-0.15, -0.1) is 6.58 Å². The molecule has 0 heterocycles. The SMILES string of the molecule is C=C(CC(=O)OCc1ccccc1)C(=O)OCc1ccccc1.C=CCC(=O)O. The van der Waals surface area contributed by atoms with E-state index in [0.29, 0.717) is 0 Å². The Morgan fingerprint density at radius 3 is 1.76 bits per heavy atom. The maximum Gasteiger partial charge on any atom is 0.334 e. The van der Waals surface area contributed by atoms with Gasteiger partial charge in [-0.2, -0.15) is 0 Å². The molecule has 0 aliphatic carbocycles. The lowest BCUT2D eigenvalue weighted by atomic mass is 10.2. The fourth-order valence-corrected chi connectivity index (χ4v) is 1.98. The molecule has 0 atom stereocenters. The van der Waals surface area contributed by atoms with Crippen molar-refractivity contribution in [2.45, 2.75) is 26.1 Å². The van der Waals surface area contributed by atoms with E-state index in [9.17, 15) is 14.4 Å². The number of carbonyl (C=O) groups excluding carboxylic acids is 2. The van der Waals surface area contributed by atoms with Gasteiger partial charge in [-0.1, -0.05) is 73.3 Å². The summed E-state index contributed by atoms with van der Waals surface area (Å²) in [5.74, 6) is -1.92. The Hall–Kier alpha value is -3.67. The highest BCUT2D eigenvalue weighted by atomic mass is 16.5. The molecule has 0 aliphatic rings. The number of carbonyl (C=O) groups is 3. The molecular weight excluding hydrogens is 372 g/mol. The van der Waals surface area contributed by atoms with Crippen LogP contribution in [-0.2, 0) is 37.1 Å². The number of benzene rings is 2. The summed E-state index contributed by atoms with van der Waals surface area (Å²) >= 11 is 0. The number of hydrogen-bond donors (Lipinski definition) is 1. The molecule has 2 aromatic rings. The molecule has 0 amide bonds. The normalized spacial score (nSPS) is 9.38. The summed E-state index contributed by atoms with van der Waals surface area (Å²) < 4.78 is 10.2. The summed E-state index contributed by atoms with van der Waals surface area (Å²) in [6.07, 6.45) is 1.22. The van der Waals surface area contributed by atoms with Crippen LogP contribution in [0.25, 0.3) is 0 Å². The van der Waals surface area contributed by atoms with Crippen LogP contribution in [0.2, 0.25) is 0 Å². The van der Waals surface area contributed by atoms with Gasteiger partial charge >= 0.3 is 17.9 Å². The standard InChI is InChI=1S/C19H18O4.C4H6O2/c1-15(19(21)23-14-17-10-6-3-7-11-17)12-18(20)22-13-16-8-4-2-5-9-16;1-2-3-4(5)6/h2-11H,1,12-14H2;2H,1,3H2,(H,5,6). The minimum atomic E-state index is -0.829. The first-order valence-electron chi connectivity index (χ1n) is 8.83. The lowest BCUT2D eigenvalue weighted by Crippen LogP contribution is -2.13. The Labute approximate surface area is 170 Å². The third-order valence-corrected chi connectivity index (χ3v) is 3.42. The van der Waals surface area contributed by atoms with Crippen molar-refractivity contribution in [3.05, 3.63) is 96.6 Å². The van der Waals surface area contributed by atoms with E-state index in [1.165, 1.54) is 6.08 Å². The molecule has 6 nitrogen and oxygen atoms in total. The fraction of sp³-hybridized carbons (Fsp3) is 0.174. The third-order valence-electron chi connectivity index (χ3n) is 3.42. The Bertz CT molecular complexity index is 812. The molecule has 2 rings (SSSR count). The summed E-state index contributed by atoms with van der Waals surface area (Å²) in [4.78, 5) is 33.0. The molecule has 0 bridgehead atoms. The van der Waals surface area contributed by atoms with Crippen molar-refractivity contribution < 1.29 is 29.0 Å². The summed E-state index contributed by atoms with van der Waals surface area (Å²) in [5, 5.41) is 7.84. The summed E-state index contributed by atoms with van der Waals surface area (Å²) in [7, 11) is 0. The molecule has 0 unspecified atom stereocenters. The Morgan fingerprint density at radius 2 is 1.34 bits per heavy atom. The van der Waals surface area contributed by atoms with Gasteiger partial charge in [-0.05, 0) is 11.1 Å². The molecule has 2 aromatic carbocycles. The lowest BCUT2D eigenvalue weighted by molar-refractivity contribution is -0.147. The fourth-order valence-electron chi connectivity index (χ4n) is 1.98. The molecule has 29 heavy (non-hydrogen) atoms. The quantitative estimate of drug-likeness (QED) is 0.390. The summed E-state index contributed by atoms with van der Waals surface area (Å²) in [6, 6.07) is 18.6. The van der Waals surface area contributed by atoms with E-state index in [2.05, 4.69) is 13.2 Å². The van der Waals surface area contributed by atoms with Crippen LogP contribution in [-0.4, -0.2) is 23.0 Å². The molecule has 0 spiro atoms. The van der Waals surface area contributed by atoms with Crippen LogP contribution in [0.4, 0.5) is 0 Å². The molecule has 0 aromatic heterocycles. The van der Waals surface area contributed by atoms with Crippen LogP contribution >= 0.6 is 0 Å². The van der Waals surface area contributed by atoms with Gasteiger partial charge in [0.2, 0.25) is 0 Å². The number of ether oxygens (including phenoxy) is 2. The number of esters is 2. The molecule has 0 radical (unpaired) electrons. The summed E-state index contributed by atoms with van der Waals surface area (Å²) in [5.41, 5.74) is 1.84. The van der Waals surface area contributed by atoms with Crippen molar-refractivity contribution in [1.29, 1.82) is 0 Å². The predicted molar refractivity (Wildman–Crippen MR) is 109 cm³/mol. The molecule has 6 heteroatoms. The van der Waals surface area contributed by atoms with E-state index in [1.54, 1.807) is 0 Å². The van der Waals surface area contributed by atoms with Crippen LogP contribution < -0.4 is 0 Å². The van der Waals surface area contributed by atoms with E-state index < -0.39 is 17.9 Å². The molecule has 0 fully saturated rings. The average molecular weight is 396 g/mol. The first-order valence-corrected chi connectivity index (χ1v) is 8.83. The van der Waals surface area contributed by atoms with Crippen LogP contribution in [0.5, 0.6) is 0 Å². The lowest BCUT2D eigenvalue weighted by Gasteiger charge is -2.08. The van der Waals surface area contributed by atoms with Gasteiger partial charge in [0.15, 0.2) is 0 Å². The second-order valence-corrected chi connectivity index (χ2v) is 5.87. The molecule has 152 valence electrons. The van der Waals surface area contributed by atoms with Gasteiger partial charge in [0.25, 0.3) is 0 Å². The maximum absolute atomic E-state index is 11.8. The second kappa shape index (κ2) is 13.5. The predicted octanol–water partition coefficient (Wildman–Crippen LogP) is 4.07. The largest absolute Gasteiger partial charge is 0.481 e. The van der Waals surface area contributed by atoms with Gasteiger partial charge < -0.3 is 14.6 Å². The van der Waals surface area contributed by atoms with E-state index in [-0.39, 0.29) is 31.6 Å². The van der Waals surface area contributed by atoms with Crippen molar-refractivity contribution >= 4 is 17.9 Å². The van der Waals surface area contributed by atoms with E-state index in [4.69, 9.17) is 14.6 Å². The molecule has 0 saturated heterocycles. The number of aliphatic carboxylic acids is 1. The highest BCUT2D eigenvalue weighted by Gasteiger charge is 2.14. The smallest absolute Gasteiger partial charge is 0.334 e. The van der Waals surface area contributed by atoms with E-state index in [1.807, 2.05) is 60.7 Å². The van der Waals surface area contributed by atoms with Gasteiger partial charge in [-0.3, -0.25) is 9.59 Å². The molecule has 0 saturated carbocycles. The van der Waals surface area contributed by atoms with Crippen LogP contribution in [0.3, 0.4) is 0 Å². The minimum absolute atomic E-state index is 0.0556. The number of rotatable bonds is 9. The monoisotopic (exact) mass is 396 g/mol. The third kappa shape index (κ3) is 10.9. The Balaban J connectivity index is 0.000000612. The van der Waals surface area contributed by atoms with Crippen molar-refractivity contribution in [3.8, 4) is 0 Å². The Morgan fingerprint density at radius 1 is 0.862 bits per heavy atom. The van der Waals surface area contributed by atoms with Crippen molar-refractivity contribution in [3.63, 3.8) is 0 Å². The van der Waals surface area contributed by atoms with Gasteiger partial charge in [0.05, 0.1) is 12.8 Å². The van der Waals surface area contributed by atoms with E-state index >= 15 is 0 Å². The highest BCUT2D eigenvalue weighted by Crippen LogP contribution is 2.08. The molecular formula is C23H24O6. The summed E-state index contributed by atoms with van der Waals surface area (Å²) in [6.45, 7) is 7.13. The second-order valence-electron chi connectivity index (χ2n) is 5.87. The Kier molecular flexibility index (Phi) is 10.9. The zero-order chi connectivity index (χ0) is 21.5. The average Bonchev–Trinajstić information content (AvgIpc) is 2.72. The van der Waals surface area contributed by atoms with Crippen molar-refractivity contribution in [1.82, 2.24) is 0 Å². The van der Waals surface area contributed by atoms with Gasteiger partial charge in [0.1, 0.15) is 13.2 Å². The number of carboxylic acid groups (broad SMARTS) is 1. The molecule has 1 N–H and O–H groups in total. The molecule has 0 aliphatic heterocycles. The highest BCUT2D eigenvalue weighted by molar-refractivity contribution is 5.93. The zero-order valence-electron chi connectivity index (χ0n) is 16.1. The maximum atomic E-state index is 11.8. The minimum Gasteiger partial charge on any atom is -0.481 e. The van der Waals surface area contributed by atoms with Crippen LogP contribution in [0.15, 0.2) is 85.5 Å². The topological polar surface area (TPSA) is 89.9 Å². The zero-order valence-corrected chi connectivity index (χ0v) is 16.1. The first kappa shape index (κ1) is 23.4. The van der Waals surface area contributed by atoms with Crippen molar-refractivity contribution in [2.75, 3.05) is 0 Å². The van der Waals surface area contributed by atoms with Gasteiger partial charge in [-0.25, -0.2) is 4.79 Å². The van der Waals surface area contributed by atoms with Crippen molar-refractivity contribution in [2.24, 2.45) is 0 Å². The van der Waals surface area contributed by atoms with Gasteiger partial charge in [0, 0.05) is 5.57 Å². The first-order chi connectivity index (χ1) is 13.9.